The fourth-order valence-electron chi connectivity index (χ4n) is 2.89. The summed E-state index contributed by atoms with van der Waals surface area (Å²) in [5, 5.41) is 15.6. The molecule has 0 fully saturated rings. The second kappa shape index (κ2) is 9.58. The molecular weight excluding hydrogens is 352 g/mol. The maximum atomic E-state index is 12.1. The van der Waals surface area contributed by atoms with Crippen molar-refractivity contribution in [3.63, 3.8) is 0 Å². The summed E-state index contributed by atoms with van der Waals surface area (Å²) in [6.07, 6.45) is 0.732. The number of anilines is 1. The van der Waals surface area contributed by atoms with Crippen LogP contribution in [0.2, 0.25) is 0 Å². The molecule has 0 aromatic heterocycles. The molecule has 0 unspecified atom stereocenters. The molecule has 0 saturated carbocycles. The molecule has 0 bridgehead atoms. The van der Waals surface area contributed by atoms with Crippen LogP contribution in [-0.4, -0.2) is 31.2 Å². The normalized spacial score (nSPS) is 10.5. The highest BCUT2D eigenvalue weighted by atomic mass is 16.5. The van der Waals surface area contributed by atoms with Gasteiger partial charge in [0.05, 0.1) is 13.7 Å². The zero-order valence-electron chi connectivity index (χ0n) is 15.8. The van der Waals surface area contributed by atoms with E-state index < -0.39 is 0 Å². The van der Waals surface area contributed by atoms with Crippen LogP contribution in [0.15, 0.2) is 72.8 Å². The molecule has 0 atom stereocenters. The molecule has 28 heavy (non-hydrogen) atoms. The van der Waals surface area contributed by atoms with Crippen LogP contribution in [0.4, 0.5) is 5.69 Å². The molecular formula is C23H24N2O3. The number of carbonyl (C=O) groups excluding carboxylic acids is 1. The van der Waals surface area contributed by atoms with Crippen LogP contribution in [0.3, 0.4) is 0 Å². The van der Waals surface area contributed by atoms with Crippen LogP contribution >= 0.6 is 0 Å². The number of hydrogen-bond acceptors (Lipinski definition) is 4. The summed E-state index contributed by atoms with van der Waals surface area (Å²) in [7, 11) is 1.52. The van der Waals surface area contributed by atoms with E-state index >= 15 is 0 Å². The highest BCUT2D eigenvalue weighted by Crippen LogP contribution is 2.26. The molecule has 3 N–H and O–H groups in total. The van der Waals surface area contributed by atoms with E-state index in [4.69, 9.17) is 4.74 Å². The van der Waals surface area contributed by atoms with Gasteiger partial charge in [-0.2, -0.15) is 0 Å². The first-order valence-corrected chi connectivity index (χ1v) is 9.17. The maximum Gasteiger partial charge on any atom is 0.238 e. The minimum absolute atomic E-state index is 0.0873. The molecule has 3 aromatic carbocycles. The van der Waals surface area contributed by atoms with Crippen LogP contribution in [0, 0.1) is 0 Å². The Morgan fingerprint density at radius 1 is 0.964 bits per heavy atom. The largest absolute Gasteiger partial charge is 0.504 e. The third-order valence-corrected chi connectivity index (χ3v) is 4.40. The number of nitrogens with one attached hydrogen (secondary N) is 2. The average molecular weight is 376 g/mol. The number of phenols is 1. The first-order chi connectivity index (χ1) is 13.7. The monoisotopic (exact) mass is 376 g/mol. The Labute approximate surface area is 165 Å². The Hall–Kier alpha value is -3.31. The second-order valence-electron chi connectivity index (χ2n) is 6.42. The summed E-state index contributed by atoms with van der Waals surface area (Å²) in [5.74, 6) is 0.488. The number of hydrogen-bond donors (Lipinski definition) is 3. The maximum absolute atomic E-state index is 12.1. The van der Waals surface area contributed by atoms with Crippen molar-refractivity contribution in [1.82, 2.24) is 5.32 Å². The molecule has 0 spiro atoms. The molecule has 0 saturated heterocycles. The Kier molecular flexibility index (Phi) is 6.65. The minimum Gasteiger partial charge on any atom is -0.504 e. The van der Waals surface area contributed by atoms with Crippen molar-refractivity contribution in [2.24, 2.45) is 0 Å². The van der Waals surface area contributed by atoms with Crippen molar-refractivity contribution in [3.8, 4) is 22.6 Å². The highest BCUT2D eigenvalue weighted by molar-refractivity contribution is 5.92. The predicted molar refractivity (Wildman–Crippen MR) is 112 cm³/mol. The molecule has 5 nitrogen and oxygen atoms in total. The van der Waals surface area contributed by atoms with Crippen LogP contribution < -0.4 is 15.4 Å². The summed E-state index contributed by atoms with van der Waals surface area (Å²) in [6.45, 7) is 0.879. The molecule has 0 aliphatic rings. The van der Waals surface area contributed by atoms with Gasteiger partial charge in [0.15, 0.2) is 11.5 Å². The van der Waals surface area contributed by atoms with E-state index in [0.717, 1.165) is 28.8 Å². The number of carbonyl (C=O) groups is 1. The van der Waals surface area contributed by atoms with Gasteiger partial charge in [0.25, 0.3) is 0 Å². The van der Waals surface area contributed by atoms with Crippen molar-refractivity contribution >= 4 is 11.6 Å². The first kappa shape index (κ1) is 19.5. The third-order valence-electron chi connectivity index (χ3n) is 4.40. The van der Waals surface area contributed by atoms with E-state index in [1.54, 1.807) is 12.1 Å². The highest BCUT2D eigenvalue weighted by Gasteiger charge is 2.05. The third kappa shape index (κ3) is 5.34. The van der Waals surface area contributed by atoms with Gasteiger partial charge < -0.3 is 20.5 Å². The number of aromatic hydroxyl groups is 1. The van der Waals surface area contributed by atoms with Crippen molar-refractivity contribution < 1.29 is 14.6 Å². The first-order valence-electron chi connectivity index (χ1n) is 9.17. The lowest BCUT2D eigenvalue weighted by molar-refractivity contribution is -0.115. The summed E-state index contributed by atoms with van der Waals surface area (Å²) in [4.78, 5) is 12.1. The summed E-state index contributed by atoms with van der Waals surface area (Å²) in [6, 6.07) is 23.2. The lowest BCUT2D eigenvalue weighted by Gasteiger charge is -2.09. The predicted octanol–water partition coefficient (Wildman–Crippen LogP) is 3.84. The Balaban J connectivity index is 1.43. The van der Waals surface area contributed by atoms with Gasteiger partial charge in [0.2, 0.25) is 5.91 Å². The summed E-state index contributed by atoms with van der Waals surface area (Å²) in [5.41, 5.74) is 4.06. The molecule has 5 heteroatoms. The molecule has 0 aliphatic carbocycles. The number of amides is 1. The van der Waals surface area contributed by atoms with Gasteiger partial charge in [-0.05, 0) is 53.9 Å². The number of phenolic OH excluding ortho intramolecular Hbond substituents is 1. The molecule has 144 valence electrons. The second-order valence-corrected chi connectivity index (χ2v) is 6.42. The van der Waals surface area contributed by atoms with Crippen molar-refractivity contribution in [2.45, 2.75) is 6.42 Å². The Bertz CT molecular complexity index is 909. The van der Waals surface area contributed by atoms with Gasteiger partial charge in [-0.3, -0.25) is 4.79 Å². The Morgan fingerprint density at radius 3 is 2.39 bits per heavy atom. The Morgan fingerprint density at radius 2 is 1.68 bits per heavy atom. The van der Waals surface area contributed by atoms with Crippen LogP contribution in [0.1, 0.15) is 5.56 Å². The summed E-state index contributed by atoms with van der Waals surface area (Å²) >= 11 is 0. The SMILES string of the molecule is COc1cc(CCNCC(=O)Nc2ccc(-c3ccccc3)cc2)ccc1O. The van der Waals surface area contributed by atoms with Gasteiger partial charge in [0, 0.05) is 5.69 Å². The van der Waals surface area contributed by atoms with E-state index in [2.05, 4.69) is 22.8 Å². The standard InChI is InChI=1S/C23H24N2O3/c1-28-22-15-17(7-12-21(22)26)13-14-24-16-23(27)25-20-10-8-19(9-11-20)18-5-3-2-4-6-18/h2-12,15,24,26H,13-14,16H2,1H3,(H,25,27). The van der Waals surface area contributed by atoms with Crippen LogP contribution in [0.5, 0.6) is 11.5 Å². The fraction of sp³-hybridized carbons (Fsp3) is 0.174. The zero-order valence-corrected chi connectivity index (χ0v) is 15.8. The molecule has 1 amide bonds. The lowest BCUT2D eigenvalue weighted by Crippen LogP contribution is -2.29. The minimum atomic E-state index is -0.0873. The number of benzene rings is 3. The molecule has 0 aliphatic heterocycles. The van der Waals surface area contributed by atoms with Crippen LogP contribution in [-0.2, 0) is 11.2 Å². The van der Waals surface area contributed by atoms with E-state index in [-0.39, 0.29) is 18.2 Å². The van der Waals surface area contributed by atoms with Gasteiger partial charge in [-0.1, -0.05) is 48.5 Å². The molecule has 0 radical (unpaired) electrons. The lowest BCUT2D eigenvalue weighted by atomic mass is 10.1. The molecule has 3 aromatic rings. The quantitative estimate of drug-likeness (QED) is 0.523. The zero-order chi connectivity index (χ0) is 19.8. The van der Waals surface area contributed by atoms with Crippen LogP contribution in [0.25, 0.3) is 11.1 Å². The van der Waals surface area contributed by atoms with E-state index in [1.807, 2.05) is 48.5 Å². The topological polar surface area (TPSA) is 70.6 Å². The van der Waals surface area contributed by atoms with Gasteiger partial charge in [0.1, 0.15) is 0 Å². The van der Waals surface area contributed by atoms with Gasteiger partial charge in [-0.15, -0.1) is 0 Å². The fourth-order valence-corrected chi connectivity index (χ4v) is 2.89. The van der Waals surface area contributed by atoms with Crippen molar-refractivity contribution in [3.05, 3.63) is 78.4 Å². The summed E-state index contributed by atoms with van der Waals surface area (Å²) < 4.78 is 5.10. The van der Waals surface area contributed by atoms with Gasteiger partial charge >= 0.3 is 0 Å². The smallest absolute Gasteiger partial charge is 0.238 e. The average Bonchev–Trinajstić information content (AvgIpc) is 2.73. The van der Waals surface area contributed by atoms with Crippen molar-refractivity contribution in [2.75, 3.05) is 25.5 Å². The number of rotatable bonds is 8. The molecule has 3 rings (SSSR count). The van der Waals surface area contributed by atoms with E-state index in [0.29, 0.717) is 12.3 Å². The number of methoxy groups -OCH3 is 1. The van der Waals surface area contributed by atoms with Crippen molar-refractivity contribution in [1.29, 1.82) is 0 Å². The molecule has 0 heterocycles. The van der Waals surface area contributed by atoms with E-state index in [9.17, 15) is 9.90 Å². The van der Waals surface area contributed by atoms with Gasteiger partial charge in [-0.25, -0.2) is 0 Å². The van der Waals surface area contributed by atoms with E-state index in [1.165, 1.54) is 7.11 Å². The number of ether oxygens (including phenoxy) is 1.